The molecule has 0 fully saturated rings. The largest absolute Gasteiger partial charge is 0.496 e. The molecule has 0 aliphatic carbocycles. The van der Waals surface area contributed by atoms with Crippen LogP contribution in [0.1, 0.15) is 16.2 Å². The van der Waals surface area contributed by atoms with Crippen molar-refractivity contribution in [1.82, 2.24) is 9.97 Å². The molecular formula is C13H14N2O3. The first kappa shape index (κ1) is 12.2. The Balaban J connectivity index is 2.45. The molecular weight excluding hydrogens is 232 g/mol. The molecule has 1 N–H and O–H groups in total. The lowest BCUT2D eigenvalue weighted by atomic mass is 10.1. The highest BCUT2D eigenvalue weighted by Crippen LogP contribution is 2.29. The molecule has 0 saturated carbocycles. The van der Waals surface area contributed by atoms with E-state index in [1.165, 1.54) is 7.11 Å². The molecule has 94 valence electrons. The van der Waals surface area contributed by atoms with Crippen LogP contribution in [0.5, 0.6) is 5.75 Å². The van der Waals surface area contributed by atoms with Gasteiger partial charge in [-0.25, -0.2) is 9.78 Å². The zero-order valence-electron chi connectivity index (χ0n) is 10.5. The molecule has 5 nitrogen and oxygen atoms in total. The Bertz CT molecular complexity index is 575. The van der Waals surface area contributed by atoms with Gasteiger partial charge in [-0.1, -0.05) is 11.6 Å². The van der Waals surface area contributed by atoms with Crippen LogP contribution in [0.2, 0.25) is 0 Å². The number of methoxy groups -OCH3 is 2. The minimum atomic E-state index is -0.493. The van der Waals surface area contributed by atoms with Gasteiger partial charge in [0.1, 0.15) is 5.75 Å². The number of carbonyl (C=O) groups excluding carboxylic acids is 1. The second-order valence-electron chi connectivity index (χ2n) is 3.84. The maximum Gasteiger partial charge on any atom is 0.374 e. The van der Waals surface area contributed by atoms with Gasteiger partial charge in [-0.05, 0) is 19.1 Å². The minimum Gasteiger partial charge on any atom is -0.496 e. The summed E-state index contributed by atoms with van der Waals surface area (Å²) in [5.41, 5.74) is 2.68. The van der Waals surface area contributed by atoms with Crippen molar-refractivity contribution in [3.8, 4) is 17.0 Å². The van der Waals surface area contributed by atoms with E-state index >= 15 is 0 Å². The van der Waals surface area contributed by atoms with Crippen molar-refractivity contribution in [3.63, 3.8) is 0 Å². The monoisotopic (exact) mass is 246 g/mol. The van der Waals surface area contributed by atoms with E-state index in [9.17, 15) is 4.79 Å². The highest BCUT2D eigenvalue weighted by Gasteiger charge is 2.13. The molecule has 1 heterocycles. The topological polar surface area (TPSA) is 64.2 Å². The van der Waals surface area contributed by atoms with Crippen LogP contribution in [-0.4, -0.2) is 30.2 Å². The van der Waals surface area contributed by atoms with Gasteiger partial charge >= 0.3 is 5.97 Å². The van der Waals surface area contributed by atoms with Crippen LogP contribution in [-0.2, 0) is 4.74 Å². The molecule has 2 rings (SSSR count). The molecule has 2 aromatic rings. The highest BCUT2D eigenvalue weighted by molar-refractivity contribution is 5.86. The Hall–Kier alpha value is -2.30. The Morgan fingerprint density at radius 2 is 2.11 bits per heavy atom. The SMILES string of the molecule is COC(=O)c1ncc(-c2cc(C)ccc2OC)[nH]1. The van der Waals surface area contributed by atoms with Crippen molar-refractivity contribution in [2.24, 2.45) is 0 Å². The number of aryl methyl sites for hydroxylation is 1. The lowest BCUT2D eigenvalue weighted by Crippen LogP contribution is -2.03. The number of hydrogen-bond acceptors (Lipinski definition) is 4. The first-order valence-electron chi connectivity index (χ1n) is 5.44. The summed E-state index contributed by atoms with van der Waals surface area (Å²) in [6, 6.07) is 5.80. The average molecular weight is 246 g/mol. The fourth-order valence-corrected chi connectivity index (χ4v) is 1.69. The van der Waals surface area contributed by atoms with Crippen molar-refractivity contribution in [3.05, 3.63) is 35.8 Å². The number of H-pyrrole nitrogens is 1. The van der Waals surface area contributed by atoms with Gasteiger partial charge in [0.2, 0.25) is 5.82 Å². The molecule has 0 aliphatic rings. The van der Waals surface area contributed by atoms with Crippen LogP contribution in [0.3, 0.4) is 0 Å². The number of nitrogens with zero attached hydrogens (tertiary/aromatic N) is 1. The van der Waals surface area contributed by atoms with Crippen molar-refractivity contribution in [2.75, 3.05) is 14.2 Å². The Kier molecular flexibility index (Phi) is 3.32. The van der Waals surface area contributed by atoms with E-state index in [1.807, 2.05) is 25.1 Å². The quantitative estimate of drug-likeness (QED) is 0.843. The molecule has 0 atom stereocenters. The first-order chi connectivity index (χ1) is 8.65. The normalized spacial score (nSPS) is 10.2. The van der Waals surface area contributed by atoms with Crippen molar-refractivity contribution in [2.45, 2.75) is 6.92 Å². The van der Waals surface area contributed by atoms with Gasteiger partial charge in [-0.2, -0.15) is 0 Å². The Morgan fingerprint density at radius 3 is 2.78 bits per heavy atom. The van der Waals surface area contributed by atoms with E-state index in [0.717, 1.165) is 22.6 Å². The molecule has 1 aromatic heterocycles. The Morgan fingerprint density at radius 1 is 1.33 bits per heavy atom. The van der Waals surface area contributed by atoms with E-state index in [-0.39, 0.29) is 5.82 Å². The van der Waals surface area contributed by atoms with Gasteiger partial charge < -0.3 is 14.5 Å². The summed E-state index contributed by atoms with van der Waals surface area (Å²) < 4.78 is 9.89. The average Bonchev–Trinajstić information content (AvgIpc) is 2.87. The van der Waals surface area contributed by atoms with Crippen LogP contribution < -0.4 is 4.74 Å². The number of rotatable bonds is 3. The molecule has 1 aromatic carbocycles. The number of ether oxygens (including phenoxy) is 2. The number of esters is 1. The molecule has 0 saturated heterocycles. The summed E-state index contributed by atoms with van der Waals surface area (Å²) in [6.07, 6.45) is 1.59. The van der Waals surface area contributed by atoms with Gasteiger partial charge in [0, 0.05) is 5.56 Å². The second kappa shape index (κ2) is 4.91. The predicted octanol–water partition coefficient (Wildman–Crippen LogP) is 2.18. The lowest BCUT2D eigenvalue weighted by Gasteiger charge is -2.07. The Labute approximate surface area is 105 Å². The first-order valence-corrected chi connectivity index (χ1v) is 5.44. The number of nitrogens with one attached hydrogen (secondary N) is 1. The van der Waals surface area contributed by atoms with Gasteiger partial charge in [0.25, 0.3) is 0 Å². The molecule has 0 radical (unpaired) electrons. The van der Waals surface area contributed by atoms with Gasteiger partial charge in [0.05, 0.1) is 26.1 Å². The third kappa shape index (κ3) is 2.20. The van der Waals surface area contributed by atoms with Crippen molar-refractivity contribution < 1.29 is 14.3 Å². The van der Waals surface area contributed by atoms with Crippen LogP contribution in [0.15, 0.2) is 24.4 Å². The zero-order chi connectivity index (χ0) is 13.1. The molecule has 0 spiro atoms. The minimum absolute atomic E-state index is 0.177. The number of aromatic amines is 1. The highest BCUT2D eigenvalue weighted by atomic mass is 16.5. The smallest absolute Gasteiger partial charge is 0.374 e. The summed E-state index contributed by atoms with van der Waals surface area (Å²) >= 11 is 0. The third-order valence-corrected chi connectivity index (χ3v) is 2.60. The summed E-state index contributed by atoms with van der Waals surface area (Å²) in [5, 5.41) is 0. The lowest BCUT2D eigenvalue weighted by molar-refractivity contribution is 0.0588. The maximum absolute atomic E-state index is 11.3. The van der Waals surface area contributed by atoms with Gasteiger partial charge in [-0.15, -0.1) is 0 Å². The summed E-state index contributed by atoms with van der Waals surface area (Å²) in [4.78, 5) is 18.2. The second-order valence-corrected chi connectivity index (χ2v) is 3.84. The zero-order valence-corrected chi connectivity index (χ0v) is 10.5. The van der Waals surface area contributed by atoms with E-state index in [4.69, 9.17) is 4.74 Å². The van der Waals surface area contributed by atoms with Crippen molar-refractivity contribution >= 4 is 5.97 Å². The molecule has 18 heavy (non-hydrogen) atoms. The summed E-state index contributed by atoms with van der Waals surface area (Å²) in [7, 11) is 2.92. The van der Waals surface area contributed by atoms with Crippen LogP contribution >= 0.6 is 0 Å². The van der Waals surface area contributed by atoms with E-state index in [2.05, 4.69) is 14.7 Å². The number of imidazole rings is 1. The molecule has 5 heteroatoms. The van der Waals surface area contributed by atoms with E-state index in [1.54, 1.807) is 13.3 Å². The third-order valence-electron chi connectivity index (χ3n) is 2.60. The molecule has 0 unspecified atom stereocenters. The van der Waals surface area contributed by atoms with Gasteiger partial charge in [0.15, 0.2) is 0 Å². The predicted molar refractivity (Wildman–Crippen MR) is 66.7 cm³/mol. The van der Waals surface area contributed by atoms with E-state index < -0.39 is 5.97 Å². The van der Waals surface area contributed by atoms with Crippen LogP contribution in [0.25, 0.3) is 11.3 Å². The van der Waals surface area contributed by atoms with Crippen molar-refractivity contribution in [1.29, 1.82) is 0 Å². The standard InChI is InChI=1S/C13H14N2O3/c1-8-4-5-11(17-2)9(6-8)10-7-14-12(15-10)13(16)18-3/h4-7H,1-3H3,(H,14,15). The van der Waals surface area contributed by atoms with Crippen LogP contribution in [0, 0.1) is 6.92 Å². The van der Waals surface area contributed by atoms with Gasteiger partial charge in [-0.3, -0.25) is 0 Å². The molecule has 0 amide bonds. The van der Waals surface area contributed by atoms with E-state index in [0.29, 0.717) is 0 Å². The fourth-order valence-electron chi connectivity index (χ4n) is 1.69. The summed E-state index contributed by atoms with van der Waals surface area (Å²) in [5.74, 6) is 0.407. The number of aromatic nitrogens is 2. The number of hydrogen-bond donors (Lipinski definition) is 1. The fraction of sp³-hybridized carbons (Fsp3) is 0.231. The number of benzene rings is 1. The maximum atomic E-state index is 11.3. The van der Waals surface area contributed by atoms with Crippen LogP contribution in [0.4, 0.5) is 0 Å². The molecule has 0 aliphatic heterocycles. The molecule has 0 bridgehead atoms. The number of carbonyl (C=O) groups is 1. The summed E-state index contributed by atoms with van der Waals surface area (Å²) in [6.45, 7) is 1.99.